The van der Waals surface area contributed by atoms with Gasteiger partial charge in [0.25, 0.3) is 5.91 Å². The summed E-state index contributed by atoms with van der Waals surface area (Å²) in [5, 5.41) is 12.8. The van der Waals surface area contributed by atoms with Crippen LogP contribution in [0.15, 0.2) is 59.0 Å². The Labute approximate surface area is 162 Å². The van der Waals surface area contributed by atoms with E-state index >= 15 is 0 Å². The fraction of sp³-hybridized carbons (Fsp3) is 0.200. The van der Waals surface area contributed by atoms with Gasteiger partial charge in [0.05, 0.1) is 6.21 Å². The Morgan fingerprint density at radius 3 is 2.67 bits per heavy atom. The lowest BCUT2D eigenvalue weighted by Crippen LogP contribution is -2.17. The third kappa shape index (κ3) is 5.04. The molecule has 0 spiro atoms. The number of aryl methyl sites for hydroxylation is 3. The molecule has 1 heterocycles. The van der Waals surface area contributed by atoms with Crippen molar-refractivity contribution in [3.8, 4) is 0 Å². The van der Waals surface area contributed by atoms with E-state index in [0.717, 1.165) is 27.6 Å². The molecule has 3 rings (SSSR count). The molecule has 0 saturated carbocycles. The van der Waals surface area contributed by atoms with Crippen molar-refractivity contribution in [2.75, 3.05) is 0 Å². The SMILES string of the molecule is Cc1ccc(/C=N/NC(=O)c2ccc(CSc3nncn3C)cc2)c(C)c1. The number of carbonyl (C=O) groups is 1. The Kier molecular flexibility index (Phi) is 6.03. The molecule has 0 radical (unpaired) electrons. The van der Waals surface area contributed by atoms with Gasteiger partial charge in [-0.15, -0.1) is 10.2 Å². The van der Waals surface area contributed by atoms with Crippen molar-refractivity contribution in [2.24, 2.45) is 12.1 Å². The normalized spacial score (nSPS) is 11.1. The molecule has 0 fully saturated rings. The topological polar surface area (TPSA) is 72.2 Å². The van der Waals surface area contributed by atoms with E-state index in [-0.39, 0.29) is 5.91 Å². The van der Waals surface area contributed by atoms with Gasteiger partial charge in [0, 0.05) is 18.4 Å². The zero-order valence-corrected chi connectivity index (χ0v) is 16.3. The molecule has 1 N–H and O–H groups in total. The molecule has 2 aromatic carbocycles. The Morgan fingerprint density at radius 2 is 2.00 bits per heavy atom. The van der Waals surface area contributed by atoms with Gasteiger partial charge in [0.15, 0.2) is 5.16 Å². The summed E-state index contributed by atoms with van der Waals surface area (Å²) in [6, 6.07) is 13.6. The second-order valence-electron chi connectivity index (χ2n) is 6.27. The number of amides is 1. The molecule has 0 aliphatic carbocycles. The van der Waals surface area contributed by atoms with Crippen LogP contribution >= 0.6 is 11.8 Å². The third-order valence-corrected chi connectivity index (χ3v) is 5.15. The van der Waals surface area contributed by atoms with E-state index in [4.69, 9.17) is 0 Å². The summed E-state index contributed by atoms with van der Waals surface area (Å²) in [4.78, 5) is 12.2. The van der Waals surface area contributed by atoms with E-state index in [1.165, 1.54) is 5.56 Å². The highest BCUT2D eigenvalue weighted by Gasteiger charge is 2.06. The van der Waals surface area contributed by atoms with Gasteiger partial charge in [0.1, 0.15) is 6.33 Å². The number of hydrogen-bond acceptors (Lipinski definition) is 5. The van der Waals surface area contributed by atoms with E-state index in [1.54, 1.807) is 36.4 Å². The number of thioether (sulfide) groups is 1. The second-order valence-corrected chi connectivity index (χ2v) is 7.21. The smallest absolute Gasteiger partial charge is 0.271 e. The monoisotopic (exact) mass is 379 g/mol. The van der Waals surface area contributed by atoms with Crippen molar-refractivity contribution in [1.82, 2.24) is 20.2 Å². The van der Waals surface area contributed by atoms with Crippen molar-refractivity contribution in [3.05, 3.63) is 76.6 Å². The van der Waals surface area contributed by atoms with Gasteiger partial charge in [-0.1, -0.05) is 47.7 Å². The first-order valence-corrected chi connectivity index (χ1v) is 9.48. The zero-order chi connectivity index (χ0) is 19.2. The Morgan fingerprint density at radius 1 is 1.22 bits per heavy atom. The van der Waals surface area contributed by atoms with Gasteiger partial charge in [-0.3, -0.25) is 4.79 Å². The first kappa shape index (κ1) is 18.8. The molecule has 3 aromatic rings. The van der Waals surface area contributed by atoms with Crippen LogP contribution in [0.5, 0.6) is 0 Å². The van der Waals surface area contributed by atoms with E-state index < -0.39 is 0 Å². The van der Waals surface area contributed by atoms with Gasteiger partial charge < -0.3 is 4.57 Å². The van der Waals surface area contributed by atoms with Crippen molar-refractivity contribution in [2.45, 2.75) is 24.8 Å². The maximum absolute atomic E-state index is 12.2. The number of hydrogen-bond donors (Lipinski definition) is 1. The van der Waals surface area contributed by atoms with Gasteiger partial charge in [-0.25, -0.2) is 5.43 Å². The molecule has 7 heteroatoms. The van der Waals surface area contributed by atoms with Gasteiger partial charge in [-0.05, 0) is 42.7 Å². The van der Waals surface area contributed by atoms with E-state index in [2.05, 4.69) is 26.8 Å². The molecule has 6 nitrogen and oxygen atoms in total. The molecule has 0 aliphatic heterocycles. The number of benzene rings is 2. The number of nitrogens with zero attached hydrogens (tertiary/aromatic N) is 4. The van der Waals surface area contributed by atoms with Crippen LogP contribution in [0.1, 0.15) is 32.6 Å². The zero-order valence-electron chi connectivity index (χ0n) is 15.5. The van der Waals surface area contributed by atoms with E-state index in [9.17, 15) is 4.79 Å². The van der Waals surface area contributed by atoms with Crippen LogP contribution in [0.4, 0.5) is 0 Å². The van der Waals surface area contributed by atoms with Crippen molar-refractivity contribution < 1.29 is 4.79 Å². The van der Waals surface area contributed by atoms with Crippen LogP contribution in [0, 0.1) is 13.8 Å². The Balaban J connectivity index is 1.55. The van der Waals surface area contributed by atoms with Crippen LogP contribution in [0.2, 0.25) is 0 Å². The summed E-state index contributed by atoms with van der Waals surface area (Å²) >= 11 is 1.60. The lowest BCUT2D eigenvalue weighted by atomic mass is 10.1. The highest BCUT2D eigenvalue weighted by Crippen LogP contribution is 2.20. The quantitative estimate of drug-likeness (QED) is 0.404. The molecule has 0 aliphatic rings. The average Bonchev–Trinajstić information content (AvgIpc) is 3.07. The van der Waals surface area contributed by atoms with Crippen LogP contribution in [-0.4, -0.2) is 26.9 Å². The summed E-state index contributed by atoms with van der Waals surface area (Å²) in [5.41, 5.74) is 7.56. The predicted molar refractivity (Wildman–Crippen MR) is 108 cm³/mol. The summed E-state index contributed by atoms with van der Waals surface area (Å²) in [7, 11) is 1.91. The van der Waals surface area contributed by atoms with E-state index in [0.29, 0.717) is 5.56 Å². The van der Waals surface area contributed by atoms with Crippen LogP contribution in [0.25, 0.3) is 0 Å². The lowest BCUT2D eigenvalue weighted by molar-refractivity contribution is 0.0955. The molecular formula is C20H21N5OS. The summed E-state index contributed by atoms with van der Waals surface area (Å²) in [6.07, 6.45) is 3.34. The fourth-order valence-corrected chi connectivity index (χ4v) is 3.34. The number of carbonyl (C=O) groups excluding carboxylic acids is 1. The molecule has 0 saturated heterocycles. The van der Waals surface area contributed by atoms with Gasteiger partial charge in [-0.2, -0.15) is 5.10 Å². The number of nitrogens with one attached hydrogen (secondary N) is 1. The molecule has 0 bridgehead atoms. The fourth-order valence-electron chi connectivity index (χ4n) is 2.50. The molecule has 0 unspecified atom stereocenters. The number of aromatic nitrogens is 3. The maximum atomic E-state index is 12.2. The minimum atomic E-state index is -0.233. The Bertz CT molecular complexity index is 963. The molecule has 138 valence electrons. The predicted octanol–water partition coefficient (Wildman–Crippen LogP) is 3.49. The van der Waals surface area contributed by atoms with Gasteiger partial charge >= 0.3 is 0 Å². The van der Waals surface area contributed by atoms with E-state index in [1.807, 2.05) is 49.7 Å². The number of hydrazone groups is 1. The highest BCUT2D eigenvalue weighted by atomic mass is 32.2. The highest BCUT2D eigenvalue weighted by molar-refractivity contribution is 7.98. The van der Waals surface area contributed by atoms with Crippen molar-refractivity contribution in [3.63, 3.8) is 0 Å². The summed E-state index contributed by atoms with van der Waals surface area (Å²) < 4.78 is 1.88. The van der Waals surface area contributed by atoms with Crippen LogP contribution in [-0.2, 0) is 12.8 Å². The number of rotatable bonds is 6. The molecule has 1 amide bonds. The minimum Gasteiger partial charge on any atom is -0.312 e. The van der Waals surface area contributed by atoms with Crippen molar-refractivity contribution >= 4 is 23.9 Å². The Hall–Kier alpha value is -2.93. The molecule has 27 heavy (non-hydrogen) atoms. The molecule has 1 aromatic heterocycles. The van der Waals surface area contributed by atoms with Crippen LogP contribution in [0.3, 0.4) is 0 Å². The third-order valence-electron chi connectivity index (χ3n) is 4.05. The first-order valence-electron chi connectivity index (χ1n) is 8.49. The largest absolute Gasteiger partial charge is 0.312 e. The maximum Gasteiger partial charge on any atom is 0.271 e. The standard InChI is InChI=1S/C20H21N5OS/c1-14-4-7-18(15(2)10-14)11-21-23-19(26)17-8-5-16(6-9-17)12-27-20-24-22-13-25(20)3/h4-11,13H,12H2,1-3H3,(H,23,26)/b21-11+. The first-order chi connectivity index (χ1) is 13.0. The molecule has 0 atom stereocenters. The average molecular weight is 379 g/mol. The lowest BCUT2D eigenvalue weighted by Gasteiger charge is -2.04. The summed E-state index contributed by atoms with van der Waals surface area (Å²) in [5.74, 6) is 0.530. The minimum absolute atomic E-state index is 0.233. The van der Waals surface area contributed by atoms with Gasteiger partial charge in [0.2, 0.25) is 0 Å². The van der Waals surface area contributed by atoms with Crippen LogP contribution < -0.4 is 5.43 Å². The molecular weight excluding hydrogens is 358 g/mol. The van der Waals surface area contributed by atoms with Crippen molar-refractivity contribution in [1.29, 1.82) is 0 Å². The second kappa shape index (κ2) is 8.64. The summed E-state index contributed by atoms with van der Waals surface area (Å²) in [6.45, 7) is 4.07.